The van der Waals surface area contributed by atoms with E-state index in [4.69, 9.17) is 4.98 Å². The number of amides is 1. The number of carbonyl (C=O) groups is 1. The first-order valence-electron chi connectivity index (χ1n) is 9.72. The minimum absolute atomic E-state index is 0.301. The molecule has 0 unspecified atom stereocenters. The number of carbonyl (C=O) groups excluding carboxylic acids is 1. The van der Waals surface area contributed by atoms with Crippen molar-refractivity contribution in [2.75, 3.05) is 30.8 Å². The van der Waals surface area contributed by atoms with E-state index in [9.17, 15) is 9.18 Å². The van der Waals surface area contributed by atoms with Crippen molar-refractivity contribution in [3.05, 3.63) is 41.8 Å². The van der Waals surface area contributed by atoms with Crippen LogP contribution in [-0.4, -0.2) is 51.5 Å². The van der Waals surface area contributed by atoms with E-state index in [1.54, 1.807) is 16.9 Å². The number of rotatable bonds is 6. The number of hydrogen-bond donors (Lipinski definition) is 1. The SMILES string of the molecule is CSc1nc(N2CCCCC2)c2cnn(CCNC(=O)c3cccc(F)c3)c2n1. The van der Waals surface area contributed by atoms with Gasteiger partial charge in [-0.25, -0.2) is 19.0 Å². The van der Waals surface area contributed by atoms with Gasteiger partial charge in [0.25, 0.3) is 5.91 Å². The van der Waals surface area contributed by atoms with Crippen molar-refractivity contribution in [1.82, 2.24) is 25.1 Å². The number of fused-ring (bicyclic) bond motifs is 1. The maximum absolute atomic E-state index is 13.3. The van der Waals surface area contributed by atoms with Gasteiger partial charge in [0.15, 0.2) is 10.8 Å². The van der Waals surface area contributed by atoms with Gasteiger partial charge in [-0.05, 0) is 43.7 Å². The summed E-state index contributed by atoms with van der Waals surface area (Å²) in [4.78, 5) is 23.9. The lowest BCUT2D eigenvalue weighted by Crippen LogP contribution is -2.30. The van der Waals surface area contributed by atoms with Crippen LogP contribution in [0.15, 0.2) is 35.6 Å². The highest BCUT2D eigenvalue weighted by atomic mass is 32.2. The van der Waals surface area contributed by atoms with Gasteiger partial charge < -0.3 is 10.2 Å². The maximum Gasteiger partial charge on any atom is 0.251 e. The van der Waals surface area contributed by atoms with Crippen LogP contribution in [0, 0.1) is 5.82 Å². The molecule has 4 rings (SSSR count). The molecule has 29 heavy (non-hydrogen) atoms. The zero-order valence-corrected chi connectivity index (χ0v) is 17.1. The Balaban J connectivity index is 1.51. The molecule has 0 aliphatic carbocycles. The number of anilines is 1. The Labute approximate surface area is 172 Å². The van der Waals surface area contributed by atoms with Gasteiger partial charge in [0.2, 0.25) is 0 Å². The van der Waals surface area contributed by atoms with Gasteiger partial charge in [-0.2, -0.15) is 5.10 Å². The van der Waals surface area contributed by atoms with E-state index >= 15 is 0 Å². The predicted molar refractivity (Wildman–Crippen MR) is 112 cm³/mol. The number of aromatic nitrogens is 4. The molecule has 1 amide bonds. The first kappa shape index (κ1) is 19.6. The molecular formula is C20H23FN6OS. The Kier molecular flexibility index (Phi) is 5.94. The molecule has 1 aromatic carbocycles. The molecule has 9 heteroatoms. The number of nitrogens with zero attached hydrogens (tertiary/aromatic N) is 5. The van der Waals surface area contributed by atoms with Crippen molar-refractivity contribution in [2.45, 2.75) is 31.0 Å². The molecular weight excluding hydrogens is 391 g/mol. The summed E-state index contributed by atoms with van der Waals surface area (Å²) in [6.45, 7) is 2.82. The van der Waals surface area contributed by atoms with E-state index in [0.717, 1.165) is 29.9 Å². The largest absolute Gasteiger partial charge is 0.356 e. The van der Waals surface area contributed by atoms with E-state index < -0.39 is 5.82 Å². The van der Waals surface area contributed by atoms with E-state index in [1.807, 2.05) is 6.26 Å². The van der Waals surface area contributed by atoms with Crippen molar-refractivity contribution in [3.8, 4) is 0 Å². The zero-order chi connectivity index (χ0) is 20.2. The highest BCUT2D eigenvalue weighted by Gasteiger charge is 2.19. The number of piperidine rings is 1. The number of nitrogens with one attached hydrogen (secondary N) is 1. The normalized spacial score (nSPS) is 14.3. The second-order valence-electron chi connectivity index (χ2n) is 6.95. The Bertz CT molecular complexity index is 1020. The number of benzene rings is 1. The van der Waals surface area contributed by atoms with Gasteiger partial charge in [-0.3, -0.25) is 4.79 Å². The van der Waals surface area contributed by atoms with Crippen molar-refractivity contribution >= 4 is 34.5 Å². The Hall–Kier alpha value is -2.68. The molecule has 1 aliphatic heterocycles. The summed E-state index contributed by atoms with van der Waals surface area (Å²) in [5.74, 6) is 0.200. The van der Waals surface area contributed by atoms with Crippen molar-refractivity contribution in [2.24, 2.45) is 0 Å². The third-order valence-electron chi connectivity index (χ3n) is 4.99. The van der Waals surface area contributed by atoms with E-state index in [0.29, 0.717) is 23.8 Å². The quantitative estimate of drug-likeness (QED) is 0.493. The third-order valence-corrected chi connectivity index (χ3v) is 5.54. The zero-order valence-electron chi connectivity index (χ0n) is 16.3. The minimum atomic E-state index is -0.428. The average Bonchev–Trinajstić information content (AvgIpc) is 3.16. The number of halogens is 1. The van der Waals surface area contributed by atoms with Gasteiger partial charge in [-0.1, -0.05) is 17.8 Å². The Morgan fingerprint density at radius 3 is 2.83 bits per heavy atom. The molecule has 0 radical (unpaired) electrons. The minimum Gasteiger partial charge on any atom is -0.356 e. The van der Waals surface area contributed by atoms with Gasteiger partial charge >= 0.3 is 0 Å². The molecule has 0 bridgehead atoms. The number of thioether (sulfide) groups is 1. The molecule has 2 aromatic heterocycles. The monoisotopic (exact) mass is 414 g/mol. The molecule has 3 aromatic rings. The maximum atomic E-state index is 13.3. The first-order valence-corrected chi connectivity index (χ1v) is 10.9. The average molecular weight is 415 g/mol. The fourth-order valence-corrected chi connectivity index (χ4v) is 3.89. The second-order valence-corrected chi connectivity index (χ2v) is 7.73. The fraction of sp³-hybridized carbons (Fsp3) is 0.400. The standard InChI is InChI=1S/C20H23FN6OS/c1-29-20-24-17(26-9-3-2-4-10-26)16-13-23-27(18(16)25-20)11-8-22-19(28)14-6-5-7-15(21)12-14/h5-7,12-13H,2-4,8-11H2,1H3,(H,22,28). The van der Waals surface area contributed by atoms with Crippen molar-refractivity contribution < 1.29 is 9.18 Å². The second kappa shape index (κ2) is 8.77. The molecule has 1 saturated heterocycles. The molecule has 7 nitrogen and oxygen atoms in total. The van der Waals surface area contributed by atoms with Crippen LogP contribution in [0.2, 0.25) is 0 Å². The molecule has 0 atom stereocenters. The van der Waals surface area contributed by atoms with Crippen LogP contribution in [0.1, 0.15) is 29.6 Å². The van der Waals surface area contributed by atoms with Crippen LogP contribution < -0.4 is 10.2 Å². The van der Waals surface area contributed by atoms with Crippen LogP contribution in [0.5, 0.6) is 0 Å². The Morgan fingerprint density at radius 1 is 1.24 bits per heavy atom. The smallest absolute Gasteiger partial charge is 0.251 e. The van der Waals surface area contributed by atoms with Gasteiger partial charge in [0, 0.05) is 25.2 Å². The summed E-state index contributed by atoms with van der Waals surface area (Å²) in [5, 5.41) is 8.93. The van der Waals surface area contributed by atoms with Gasteiger partial charge in [0.05, 0.1) is 18.1 Å². The van der Waals surface area contributed by atoms with Crippen molar-refractivity contribution in [1.29, 1.82) is 0 Å². The molecule has 3 heterocycles. The summed E-state index contributed by atoms with van der Waals surface area (Å²) in [6.07, 6.45) is 7.35. The molecule has 1 N–H and O–H groups in total. The summed E-state index contributed by atoms with van der Waals surface area (Å²) < 4.78 is 15.1. The molecule has 1 fully saturated rings. The van der Waals surface area contributed by atoms with Gasteiger partial charge in [0.1, 0.15) is 11.6 Å². The van der Waals surface area contributed by atoms with Gasteiger partial charge in [-0.15, -0.1) is 0 Å². The molecule has 152 valence electrons. The van der Waals surface area contributed by atoms with Crippen molar-refractivity contribution in [3.63, 3.8) is 0 Å². The lowest BCUT2D eigenvalue weighted by Gasteiger charge is -2.28. The van der Waals surface area contributed by atoms with E-state index in [2.05, 4.69) is 20.3 Å². The summed E-state index contributed by atoms with van der Waals surface area (Å²) in [7, 11) is 0. The Morgan fingerprint density at radius 2 is 2.07 bits per heavy atom. The summed E-state index contributed by atoms with van der Waals surface area (Å²) in [5.41, 5.74) is 1.07. The first-order chi connectivity index (χ1) is 14.2. The van der Waals surface area contributed by atoms with Crippen LogP contribution in [0.3, 0.4) is 0 Å². The van der Waals surface area contributed by atoms with E-state index in [-0.39, 0.29) is 5.91 Å². The van der Waals surface area contributed by atoms with Crippen LogP contribution in [0.25, 0.3) is 11.0 Å². The summed E-state index contributed by atoms with van der Waals surface area (Å²) >= 11 is 1.51. The number of hydrogen-bond acceptors (Lipinski definition) is 6. The topological polar surface area (TPSA) is 75.9 Å². The fourth-order valence-electron chi connectivity index (χ4n) is 3.53. The molecule has 1 aliphatic rings. The lowest BCUT2D eigenvalue weighted by molar-refractivity contribution is 0.0951. The van der Waals surface area contributed by atoms with E-state index in [1.165, 1.54) is 49.2 Å². The third kappa shape index (κ3) is 4.34. The highest BCUT2D eigenvalue weighted by molar-refractivity contribution is 7.98. The van der Waals surface area contributed by atoms with Crippen LogP contribution in [0.4, 0.5) is 10.2 Å². The molecule has 0 spiro atoms. The summed E-state index contributed by atoms with van der Waals surface area (Å²) in [6, 6.07) is 5.65. The lowest BCUT2D eigenvalue weighted by atomic mass is 10.1. The highest BCUT2D eigenvalue weighted by Crippen LogP contribution is 2.28. The van der Waals surface area contributed by atoms with Crippen LogP contribution >= 0.6 is 11.8 Å². The predicted octanol–water partition coefficient (Wildman–Crippen LogP) is 3.11. The van der Waals surface area contributed by atoms with Crippen LogP contribution in [-0.2, 0) is 6.54 Å². The molecule has 0 saturated carbocycles.